The van der Waals surface area contributed by atoms with E-state index in [1.54, 1.807) is 61.5 Å². The van der Waals surface area contributed by atoms with Gasteiger partial charge in [0.25, 0.3) is 11.8 Å². The van der Waals surface area contributed by atoms with Crippen molar-refractivity contribution in [3.8, 4) is 6.07 Å². The Kier molecular flexibility index (Phi) is 12.6. The average molecular weight is 649 g/mol. The van der Waals surface area contributed by atoms with Gasteiger partial charge in [-0.2, -0.15) is 5.26 Å². The highest BCUT2D eigenvalue weighted by Crippen LogP contribution is 2.20. The lowest BCUT2D eigenvalue weighted by Crippen LogP contribution is -2.57. The first kappa shape index (κ1) is 35.5. The first-order valence-electron chi connectivity index (χ1n) is 14.5. The van der Waals surface area contributed by atoms with Crippen molar-refractivity contribution in [1.82, 2.24) is 21.1 Å². The van der Waals surface area contributed by atoms with E-state index in [0.29, 0.717) is 27.6 Å². The SMILES string of the molecule is Cc1cc(C(=O)N[C@H](C(=O)N[C@@H](Cc2cccc(N(C)C(=O)C(C#N)=CC(C)C)c2)C(=O)NCc2ccccc2Cl)[C@@H](C)O)no1. The quantitative estimate of drug-likeness (QED) is 0.161. The smallest absolute Gasteiger partial charge is 0.274 e. The number of aromatic nitrogens is 1. The van der Waals surface area contributed by atoms with Gasteiger partial charge in [-0.3, -0.25) is 19.2 Å². The van der Waals surface area contributed by atoms with Crippen LogP contribution in [0, 0.1) is 24.2 Å². The van der Waals surface area contributed by atoms with Crippen molar-refractivity contribution < 1.29 is 28.8 Å². The van der Waals surface area contributed by atoms with Gasteiger partial charge in [0.15, 0.2) is 5.69 Å². The van der Waals surface area contributed by atoms with E-state index in [2.05, 4.69) is 21.1 Å². The van der Waals surface area contributed by atoms with Gasteiger partial charge in [-0.15, -0.1) is 0 Å². The van der Waals surface area contributed by atoms with Gasteiger partial charge in [0, 0.05) is 36.8 Å². The summed E-state index contributed by atoms with van der Waals surface area (Å²) in [6, 6.07) is 14.4. The molecule has 2 aromatic carbocycles. The van der Waals surface area contributed by atoms with Gasteiger partial charge in [0.2, 0.25) is 11.8 Å². The fourth-order valence-corrected chi connectivity index (χ4v) is 4.63. The highest BCUT2D eigenvalue weighted by atomic mass is 35.5. The Morgan fingerprint density at radius 3 is 2.39 bits per heavy atom. The van der Waals surface area contributed by atoms with Crippen molar-refractivity contribution in [3.63, 3.8) is 0 Å². The number of likely N-dealkylation sites (N-methyl/N-ethyl adjacent to an activating group) is 1. The molecule has 0 saturated heterocycles. The number of rotatable bonds is 13. The van der Waals surface area contributed by atoms with Crippen molar-refractivity contribution in [2.75, 3.05) is 11.9 Å². The van der Waals surface area contributed by atoms with Crippen LogP contribution in [0.2, 0.25) is 5.02 Å². The molecule has 0 bridgehead atoms. The third kappa shape index (κ3) is 9.76. The summed E-state index contributed by atoms with van der Waals surface area (Å²) >= 11 is 6.25. The summed E-state index contributed by atoms with van der Waals surface area (Å²) < 4.78 is 4.92. The van der Waals surface area contributed by atoms with E-state index in [1.807, 2.05) is 19.9 Å². The summed E-state index contributed by atoms with van der Waals surface area (Å²) in [5.74, 6) is -2.25. The zero-order chi connectivity index (χ0) is 34.0. The van der Waals surface area contributed by atoms with Crippen molar-refractivity contribution >= 4 is 40.9 Å². The summed E-state index contributed by atoms with van der Waals surface area (Å²) in [4.78, 5) is 54.0. The number of aryl methyl sites for hydroxylation is 1. The predicted octanol–water partition coefficient (Wildman–Crippen LogP) is 3.23. The van der Waals surface area contributed by atoms with Crippen LogP contribution in [-0.4, -0.2) is 59.1 Å². The largest absolute Gasteiger partial charge is 0.391 e. The van der Waals surface area contributed by atoms with Crippen LogP contribution < -0.4 is 20.9 Å². The number of nitrogens with zero attached hydrogens (tertiary/aromatic N) is 3. The monoisotopic (exact) mass is 648 g/mol. The van der Waals surface area contributed by atoms with Gasteiger partial charge in [-0.1, -0.05) is 67.0 Å². The lowest BCUT2D eigenvalue weighted by atomic mass is 10.0. The van der Waals surface area contributed by atoms with Crippen LogP contribution >= 0.6 is 11.6 Å². The topological polar surface area (TPSA) is 178 Å². The molecular weight excluding hydrogens is 612 g/mol. The normalized spacial score (nSPS) is 13.2. The molecule has 0 radical (unpaired) electrons. The highest BCUT2D eigenvalue weighted by Gasteiger charge is 2.31. The third-order valence-electron chi connectivity index (χ3n) is 6.85. The molecule has 0 fully saturated rings. The Labute approximate surface area is 272 Å². The molecule has 1 aromatic heterocycles. The van der Waals surface area contributed by atoms with Crippen LogP contribution in [0.5, 0.6) is 0 Å². The lowest BCUT2D eigenvalue weighted by Gasteiger charge is -2.25. The van der Waals surface area contributed by atoms with Crippen LogP contribution in [0.15, 0.2) is 70.8 Å². The van der Waals surface area contributed by atoms with E-state index < -0.39 is 41.8 Å². The Morgan fingerprint density at radius 2 is 1.78 bits per heavy atom. The van der Waals surface area contributed by atoms with E-state index in [-0.39, 0.29) is 30.2 Å². The second-order valence-electron chi connectivity index (χ2n) is 11.1. The fourth-order valence-electron chi connectivity index (χ4n) is 4.43. The summed E-state index contributed by atoms with van der Waals surface area (Å²) in [6.07, 6.45) is 0.227. The number of anilines is 1. The van der Waals surface area contributed by atoms with Gasteiger partial charge in [-0.05, 0) is 49.1 Å². The zero-order valence-electron chi connectivity index (χ0n) is 26.2. The van der Waals surface area contributed by atoms with Crippen molar-refractivity contribution in [3.05, 3.63) is 93.9 Å². The molecule has 3 aromatic rings. The zero-order valence-corrected chi connectivity index (χ0v) is 27.0. The van der Waals surface area contributed by atoms with Crippen LogP contribution in [0.1, 0.15) is 48.1 Å². The molecule has 0 spiro atoms. The number of halogens is 1. The maximum absolute atomic E-state index is 13.5. The molecule has 13 heteroatoms. The van der Waals surface area contributed by atoms with E-state index in [9.17, 15) is 29.5 Å². The summed E-state index contributed by atoms with van der Waals surface area (Å²) in [6.45, 7) is 6.72. The number of hydrogen-bond donors (Lipinski definition) is 4. The number of carbonyl (C=O) groups excluding carboxylic acids is 4. The van der Waals surface area contributed by atoms with Gasteiger partial charge in [0.05, 0.1) is 6.10 Å². The number of nitrogens with one attached hydrogen (secondary N) is 3. The van der Waals surface area contributed by atoms with Crippen LogP contribution in [0.3, 0.4) is 0 Å². The second-order valence-corrected chi connectivity index (χ2v) is 11.5. The highest BCUT2D eigenvalue weighted by molar-refractivity contribution is 6.31. The molecule has 0 aliphatic rings. The van der Waals surface area contributed by atoms with Gasteiger partial charge in [-0.25, -0.2) is 0 Å². The maximum Gasteiger partial charge on any atom is 0.274 e. The Bertz CT molecular complexity index is 1640. The van der Waals surface area contributed by atoms with E-state index in [1.165, 1.54) is 24.9 Å². The lowest BCUT2D eigenvalue weighted by molar-refractivity contribution is -0.131. The first-order valence-corrected chi connectivity index (χ1v) is 14.9. The number of aliphatic hydroxyl groups is 1. The molecule has 12 nitrogen and oxygen atoms in total. The number of nitriles is 1. The number of amides is 4. The second kappa shape index (κ2) is 16.4. The molecule has 4 amide bonds. The summed E-state index contributed by atoms with van der Waals surface area (Å²) in [7, 11) is 1.54. The third-order valence-corrected chi connectivity index (χ3v) is 7.22. The van der Waals surface area contributed by atoms with E-state index in [0.717, 1.165) is 0 Å². The van der Waals surface area contributed by atoms with Crippen molar-refractivity contribution in [2.45, 2.75) is 58.8 Å². The molecule has 46 heavy (non-hydrogen) atoms. The minimum atomic E-state index is -1.43. The molecule has 3 rings (SSSR count). The van der Waals surface area contributed by atoms with Crippen LogP contribution in [-0.2, 0) is 27.3 Å². The molecule has 4 N–H and O–H groups in total. The number of benzene rings is 2. The molecule has 0 aliphatic heterocycles. The number of hydrogen-bond acceptors (Lipinski definition) is 8. The number of allylic oxidation sites excluding steroid dienone is 1. The van der Waals surface area contributed by atoms with E-state index in [4.69, 9.17) is 16.1 Å². The molecule has 1 heterocycles. The maximum atomic E-state index is 13.5. The molecule has 0 aliphatic carbocycles. The Hall–Kier alpha value is -4.99. The minimum Gasteiger partial charge on any atom is -0.391 e. The number of carbonyl (C=O) groups is 4. The van der Waals surface area contributed by atoms with Crippen molar-refractivity contribution in [2.24, 2.45) is 5.92 Å². The molecule has 0 unspecified atom stereocenters. The first-order chi connectivity index (χ1) is 21.8. The summed E-state index contributed by atoms with van der Waals surface area (Å²) in [5.41, 5.74) is 1.62. The standard InChI is InChI=1S/C33H37ClN6O6/c1-19(2)13-24(17-35)33(45)40(5)25-11-8-9-22(15-25)16-27(30(42)36-18-23-10-6-7-12-26(23)34)37-32(44)29(21(4)41)38-31(43)28-14-20(3)46-39-28/h6-15,19,21,27,29,41H,16,18H2,1-5H3,(H,36,42)(H,37,44)(H,38,43)/t21-,27+,29+/m1/s1. The van der Waals surface area contributed by atoms with Gasteiger partial charge < -0.3 is 30.5 Å². The van der Waals surface area contributed by atoms with Crippen LogP contribution in [0.4, 0.5) is 5.69 Å². The van der Waals surface area contributed by atoms with Gasteiger partial charge >= 0.3 is 0 Å². The molecule has 242 valence electrons. The molecular formula is C33H37ClN6O6. The summed E-state index contributed by atoms with van der Waals surface area (Å²) in [5, 5.41) is 31.8. The fraction of sp³-hybridized carbons (Fsp3) is 0.333. The minimum absolute atomic E-state index is 0.000938. The predicted molar refractivity (Wildman–Crippen MR) is 171 cm³/mol. The average Bonchev–Trinajstić information content (AvgIpc) is 3.46. The van der Waals surface area contributed by atoms with Crippen LogP contribution in [0.25, 0.3) is 0 Å². The molecule has 0 saturated carbocycles. The van der Waals surface area contributed by atoms with E-state index >= 15 is 0 Å². The molecule has 3 atom stereocenters. The van der Waals surface area contributed by atoms with Gasteiger partial charge in [0.1, 0.15) is 29.5 Å². The Morgan fingerprint density at radius 1 is 1.07 bits per heavy atom. The number of aliphatic hydroxyl groups excluding tert-OH is 1. The Balaban J connectivity index is 1.87. The van der Waals surface area contributed by atoms with Crippen molar-refractivity contribution in [1.29, 1.82) is 5.26 Å².